The Morgan fingerprint density at radius 2 is 0.514 bits per heavy atom. The molecule has 0 spiro atoms. The molecule has 0 aromatic rings. The third-order valence-electron chi connectivity index (χ3n) is 13.7. The minimum Gasteiger partial charge on any atom is -0.462 e. The Labute approximate surface area is 435 Å². The van der Waals surface area contributed by atoms with Crippen molar-refractivity contribution in [2.24, 2.45) is 0 Å². The summed E-state index contributed by atoms with van der Waals surface area (Å²) in [5.41, 5.74) is 0. The molecule has 70 heavy (non-hydrogen) atoms. The van der Waals surface area contributed by atoms with Gasteiger partial charge in [0.25, 0.3) is 0 Å². The number of allylic oxidation sites excluding steroid dienone is 8. The van der Waals surface area contributed by atoms with Crippen molar-refractivity contribution in [1.29, 1.82) is 0 Å². The van der Waals surface area contributed by atoms with Gasteiger partial charge in [-0.3, -0.25) is 14.4 Å². The summed E-state index contributed by atoms with van der Waals surface area (Å²) in [7, 11) is 0. The second-order valence-corrected chi connectivity index (χ2v) is 20.7. The summed E-state index contributed by atoms with van der Waals surface area (Å²) < 4.78 is 16.9. The van der Waals surface area contributed by atoms with Crippen LogP contribution in [-0.4, -0.2) is 37.2 Å². The lowest BCUT2D eigenvalue weighted by molar-refractivity contribution is -0.167. The largest absolute Gasteiger partial charge is 0.462 e. The summed E-state index contributed by atoms with van der Waals surface area (Å²) in [4.78, 5) is 38.3. The van der Waals surface area contributed by atoms with Crippen molar-refractivity contribution >= 4 is 17.9 Å². The highest BCUT2D eigenvalue weighted by Gasteiger charge is 2.19. The summed E-state index contributed by atoms with van der Waals surface area (Å²) in [6.45, 7) is 6.64. The fraction of sp³-hybridized carbons (Fsp3) is 0.828. The smallest absolute Gasteiger partial charge is 0.306 e. The van der Waals surface area contributed by atoms with Crippen molar-refractivity contribution in [2.45, 2.75) is 329 Å². The molecule has 408 valence electrons. The fourth-order valence-corrected chi connectivity index (χ4v) is 9.05. The molecule has 0 saturated carbocycles. The van der Waals surface area contributed by atoms with Crippen LogP contribution in [0.2, 0.25) is 0 Å². The highest BCUT2D eigenvalue weighted by atomic mass is 16.6. The van der Waals surface area contributed by atoms with Crippen molar-refractivity contribution in [3.8, 4) is 0 Å². The van der Waals surface area contributed by atoms with Crippen molar-refractivity contribution in [3.63, 3.8) is 0 Å². The van der Waals surface area contributed by atoms with Gasteiger partial charge in [0.15, 0.2) is 6.10 Å². The van der Waals surface area contributed by atoms with Crippen molar-refractivity contribution < 1.29 is 28.6 Å². The zero-order chi connectivity index (χ0) is 50.7. The molecule has 6 heteroatoms. The summed E-state index contributed by atoms with van der Waals surface area (Å²) in [5.74, 6) is -0.878. The summed E-state index contributed by atoms with van der Waals surface area (Å²) in [6.07, 6.45) is 72.4. The Morgan fingerprint density at radius 3 is 0.829 bits per heavy atom. The van der Waals surface area contributed by atoms with E-state index in [0.717, 1.165) is 83.5 Å². The summed E-state index contributed by atoms with van der Waals surface area (Å²) in [5, 5.41) is 0. The van der Waals surface area contributed by atoms with E-state index in [9.17, 15) is 14.4 Å². The first-order valence-electron chi connectivity index (χ1n) is 30.7. The summed E-state index contributed by atoms with van der Waals surface area (Å²) >= 11 is 0. The van der Waals surface area contributed by atoms with E-state index in [1.165, 1.54) is 199 Å². The van der Waals surface area contributed by atoms with Crippen LogP contribution in [0.25, 0.3) is 0 Å². The highest BCUT2D eigenvalue weighted by Crippen LogP contribution is 2.17. The maximum atomic E-state index is 12.9. The van der Waals surface area contributed by atoms with E-state index in [4.69, 9.17) is 14.2 Å². The van der Waals surface area contributed by atoms with Crippen LogP contribution in [0.1, 0.15) is 323 Å². The SMILES string of the molecule is CCCCC\C=C/C=C\C=C/C=C\CCCCCCCC(=O)OCC(COC(=O)CCCCCCCCCCCCCCCCCCC)OC(=O)CCCCCCCCCCCCCCCCCCC. The van der Waals surface area contributed by atoms with Gasteiger partial charge < -0.3 is 14.2 Å². The monoisotopic (exact) mass is 981 g/mol. The molecule has 0 fully saturated rings. The third-order valence-corrected chi connectivity index (χ3v) is 13.7. The van der Waals surface area contributed by atoms with E-state index in [1.807, 2.05) is 0 Å². The Kier molecular flexibility index (Phi) is 56.7. The second kappa shape index (κ2) is 58.9. The number of ether oxygens (including phenoxy) is 3. The maximum Gasteiger partial charge on any atom is 0.306 e. The van der Waals surface area contributed by atoms with Gasteiger partial charge in [-0.1, -0.05) is 307 Å². The molecular weight excluding hydrogens is 865 g/mol. The molecule has 1 atom stereocenters. The minimum atomic E-state index is -0.780. The van der Waals surface area contributed by atoms with E-state index in [-0.39, 0.29) is 31.1 Å². The normalized spacial score (nSPS) is 12.3. The van der Waals surface area contributed by atoms with E-state index in [0.29, 0.717) is 19.3 Å². The van der Waals surface area contributed by atoms with Gasteiger partial charge in [0, 0.05) is 19.3 Å². The minimum absolute atomic E-state index is 0.0761. The number of rotatable bonds is 56. The standard InChI is InChI=1S/C64H116O6/c1-4-7-10-13-16-19-22-25-28-31-34-36-39-42-45-48-51-54-57-63(66)69-60-61(70-64(67)58-55-52-49-46-43-40-37-33-30-27-24-21-18-15-12-9-6-3)59-68-62(65)56-53-50-47-44-41-38-35-32-29-26-23-20-17-14-11-8-5-2/h16,19,22,25,28,31,34,36,61H,4-15,17-18,20-21,23-24,26-27,29-30,32-33,35,37-60H2,1-3H3/b19-16-,25-22-,31-28-,36-34-. The summed E-state index contributed by atoms with van der Waals surface area (Å²) in [6, 6.07) is 0. The Balaban J connectivity index is 4.38. The van der Waals surface area contributed by atoms with Gasteiger partial charge in [0.2, 0.25) is 0 Å². The fourth-order valence-electron chi connectivity index (χ4n) is 9.05. The first kappa shape index (κ1) is 67.4. The van der Waals surface area contributed by atoms with Gasteiger partial charge in [-0.25, -0.2) is 0 Å². The van der Waals surface area contributed by atoms with Crippen molar-refractivity contribution in [1.82, 2.24) is 0 Å². The van der Waals surface area contributed by atoms with Gasteiger partial charge in [-0.05, 0) is 44.9 Å². The van der Waals surface area contributed by atoms with Crippen LogP contribution in [0, 0.1) is 0 Å². The van der Waals surface area contributed by atoms with Gasteiger partial charge in [-0.2, -0.15) is 0 Å². The molecule has 0 N–H and O–H groups in total. The van der Waals surface area contributed by atoms with Crippen molar-refractivity contribution in [3.05, 3.63) is 48.6 Å². The first-order chi connectivity index (χ1) is 34.5. The molecule has 0 aliphatic heterocycles. The Hall–Kier alpha value is -2.63. The Morgan fingerprint density at radius 1 is 0.286 bits per heavy atom. The molecule has 0 aliphatic rings. The van der Waals surface area contributed by atoms with Gasteiger partial charge in [-0.15, -0.1) is 0 Å². The topological polar surface area (TPSA) is 78.9 Å². The number of esters is 3. The number of hydrogen-bond donors (Lipinski definition) is 0. The lowest BCUT2D eigenvalue weighted by Gasteiger charge is -2.18. The van der Waals surface area contributed by atoms with Crippen LogP contribution in [0.5, 0.6) is 0 Å². The molecule has 1 unspecified atom stereocenters. The predicted octanol–water partition coefficient (Wildman–Crippen LogP) is 20.6. The Bertz CT molecular complexity index is 1220. The molecule has 0 amide bonds. The van der Waals surface area contributed by atoms with E-state index in [1.54, 1.807) is 0 Å². The molecule has 0 aliphatic carbocycles. The molecule has 0 aromatic carbocycles. The molecule has 0 aromatic heterocycles. The number of unbranched alkanes of at least 4 members (excludes halogenated alkanes) is 40. The van der Waals surface area contributed by atoms with Gasteiger partial charge in [0.1, 0.15) is 13.2 Å². The first-order valence-corrected chi connectivity index (χ1v) is 30.7. The third kappa shape index (κ3) is 56.3. The quantitative estimate of drug-likeness (QED) is 0.0261. The highest BCUT2D eigenvalue weighted by molar-refractivity contribution is 5.71. The van der Waals surface area contributed by atoms with Crippen LogP contribution in [0.15, 0.2) is 48.6 Å². The van der Waals surface area contributed by atoms with E-state index < -0.39 is 6.10 Å². The van der Waals surface area contributed by atoms with Crippen LogP contribution >= 0.6 is 0 Å². The molecule has 0 radical (unpaired) electrons. The molecule has 6 nitrogen and oxygen atoms in total. The van der Waals surface area contributed by atoms with E-state index >= 15 is 0 Å². The molecule has 0 rings (SSSR count). The average molecular weight is 982 g/mol. The lowest BCUT2D eigenvalue weighted by atomic mass is 10.0. The molecule has 0 saturated heterocycles. The number of carbonyl (C=O) groups excluding carboxylic acids is 3. The predicted molar refractivity (Wildman–Crippen MR) is 302 cm³/mol. The van der Waals surface area contributed by atoms with Crippen LogP contribution in [0.4, 0.5) is 0 Å². The number of hydrogen-bond acceptors (Lipinski definition) is 6. The van der Waals surface area contributed by atoms with Crippen LogP contribution < -0.4 is 0 Å². The lowest BCUT2D eigenvalue weighted by Crippen LogP contribution is -2.30. The van der Waals surface area contributed by atoms with E-state index in [2.05, 4.69) is 69.4 Å². The average Bonchev–Trinajstić information content (AvgIpc) is 3.36. The van der Waals surface area contributed by atoms with Crippen molar-refractivity contribution in [2.75, 3.05) is 13.2 Å². The van der Waals surface area contributed by atoms with Gasteiger partial charge >= 0.3 is 17.9 Å². The van der Waals surface area contributed by atoms with Gasteiger partial charge in [0.05, 0.1) is 0 Å². The van der Waals surface area contributed by atoms with Crippen LogP contribution in [-0.2, 0) is 28.6 Å². The zero-order valence-corrected chi connectivity index (χ0v) is 46.8. The molecular formula is C64H116O6. The maximum absolute atomic E-state index is 12.9. The number of carbonyl (C=O) groups is 3. The van der Waals surface area contributed by atoms with Crippen LogP contribution in [0.3, 0.4) is 0 Å². The second-order valence-electron chi connectivity index (χ2n) is 20.7. The molecule has 0 heterocycles. The molecule has 0 bridgehead atoms. The zero-order valence-electron chi connectivity index (χ0n) is 46.8.